The summed E-state index contributed by atoms with van der Waals surface area (Å²) in [6.45, 7) is 6.13. The summed E-state index contributed by atoms with van der Waals surface area (Å²) < 4.78 is 0. The summed E-state index contributed by atoms with van der Waals surface area (Å²) in [5.74, 6) is 0. The molecule has 0 atom stereocenters. The number of hydrogen-bond acceptors (Lipinski definition) is 2. The van der Waals surface area contributed by atoms with Gasteiger partial charge >= 0.3 is 0 Å². The third-order valence-electron chi connectivity index (χ3n) is 1.25. The summed E-state index contributed by atoms with van der Waals surface area (Å²) >= 11 is 0. The molecule has 1 radical (unpaired) electrons. The maximum absolute atomic E-state index is 8.68. The van der Waals surface area contributed by atoms with E-state index in [0.29, 0.717) is 0 Å². The molecule has 0 spiro atoms. The Morgan fingerprint density at radius 2 is 2.29 bits per heavy atom. The third kappa shape index (κ3) is 0.924. The van der Waals surface area contributed by atoms with Crippen molar-refractivity contribution in [3.63, 3.8) is 0 Å². The van der Waals surface area contributed by atoms with Crippen molar-refractivity contribution in [1.82, 2.24) is 4.90 Å². The number of β-amino-alcohol motifs (C(OH)–C–C–N with tert-alkyl or cyclic N) is 1. The number of nitrogens with zero attached hydrogens (tertiary/aromatic N) is 1. The summed E-state index contributed by atoms with van der Waals surface area (Å²) in [7, 11) is 0. The molecule has 2 heteroatoms. The fourth-order valence-corrected chi connectivity index (χ4v) is 0.725. The van der Waals surface area contributed by atoms with Crippen LogP contribution >= 0.6 is 0 Å². The Hall–Kier alpha value is -0.0800. The van der Waals surface area contributed by atoms with Crippen molar-refractivity contribution in [3.8, 4) is 0 Å². The van der Waals surface area contributed by atoms with E-state index in [1.54, 1.807) is 0 Å². The van der Waals surface area contributed by atoms with Gasteiger partial charge < -0.3 is 5.11 Å². The Bertz CT molecular complexity index is 59.1. The second kappa shape index (κ2) is 1.80. The molecule has 7 heavy (non-hydrogen) atoms. The topological polar surface area (TPSA) is 23.5 Å². The zero-order valence-electron chi connectivity index (χ0n) is 4.30. The fraction of sp³-hybridized carbons (Fsp3) is 0.800. The Morgan fingerprint density at radius 1 is 1.71 bits per heavy atom. The van der Waals surface area contributed by atoms with Crippen molar-refractivity contribution in [3.05, 3.63) is 6.92 Å². The number of likely N-dealkylation sites (tertiary alicyclic amines) is 1. The van der Waals surface area contributed by atoms with Gasteiger partial charge in [0.15, 0.2) is 0 Å². The van der Waals surface area contributed by atoms with Crippen LogP contribution in [0.3, 0.4) is 0 Å². The molecule has 1 saturated heterocycles. The molecule has 2 nitrogen and oxygen atoms in total. The Labute approximate surface area is 43.7 Å². The smallest absolute Gasteiger partial charge is 0.0793 e. The highest BCUT2D eigenvalue weighted by molar-refractivity contribution is 4.78. The third-order valence-corrected chi connectivity index (χ3v) is 1.25. The van der Waals surface area contributed by atoms with E-state index >= 15 is 0 Å². The van der Waals surface area contributed by atoms with Gasteiger partial charge in [-0.2, -0.15) is 0 Å². The minimum atomic E-state index is -0.0678. The van der Waals surface area contributed by atoms with E-state index in [4.69, 9.17) is 5.11 Å². The average Bonchev–Trinajstić information content (AvgIpc) is 1.58. The number of hydrogen-bond donors (Lipinski definition) is 1. The quantitative estimate of drug-likeness (QED) is 0.480. The van der Waals surface area contributed by atoms with E-state index in [1.807, 2.05) is 0 Å². The Morgan fingerprint density at radius 3 is 2.43 bits per heavy atom. The van der Waals surface area contributed by atoms with E-state index < -0.39 is 0 Å². The lowest BCUT2D eigenvalue weighted by Crippen LogP contribution is -2.50. The van der Waals surface area contributed by atoms with Crippen LogP contribution in [0, 0.1) is 6.92 Å². The second-order valence-electron chi connectivity index (χ2n) is 1.91. The van der Waals surface area contributed by atoms with Crippen LogP contribution in [0.2, 0.25) is 0 Å². The highest BCUT2D eigenvalue weighted by Crippen LogP contribution is 2.04. The van der Waals surface area contributed by atoms with Gasteiger partial charge in [-0.05, 0) is 13.5 Å². The molecule has 0 aromatic rings. The summed E-state index contributed by atoms with van der Waals surface area (Å²) in [6.07, 6.45) is -0.0678. The summed E-state index contributed by atoms with van der Waals surface area (Å²) in [6, 6.07) is 0. The van der Waals surface area contributed by atoms with Gasteiger partial charge in [0.1, 0.15) is 0 Å². The van der Waals surface area contributed by atoms with Crippen molar-refractivity contribution in [1.29, 1.82) is 0 Å². The van der Waals surface area contributed by atoms with Crippen LogP contribution in [0.4, 0.5) is 0 Å². The number of aliphatic hydroxyl groups is 1. The maximum atomic E-state index is 8.68. The zero-order chi connectivity index (χ0) is 5.28. The number of aliphatic hydroxyl groups excluding tert-OH is 1. The fourth-order valence-electron chi connectivity index (χ4n) is 0.725. The van der Waals surface area contributed by atoms with E-state index in [2.05, 4.69) is 11.8 Å². The van der Waals surface area contributed by atoms with Crippen molar-refractivity contribution in [2.24, 2.45) is 0 Å². The van der Waals surface area contributed by atoms with Gasteiger partial charge in [0.05, 0.1) is 6.10 Å². The van der Waals surface area contributed by atoms with Crippen molar-refractivity contribution < 1.29 is 5.11 Å². The van der Waals surface area contributed by atoms with E-state index in [1.165, 1.54) is 0 Å². The van der Waals surface area contributed by atoms with Gasteiger partial charge in [0.2, 0.25) is 0 Å². The van der Waals surface area contributed by atoms with Crippen molar-refractivity contribution in [2.45, 2.75) is 6.10 Å². The molecule has 1 rings (SSSR count). The van der Waals surface area contributed by atoms with Gasteiger partial charge in [0.25, 0.3) is 0 Å². The Balaban J connectivity index is 2.06. The molecule has 41 valence electrons. The van der Waals surface area contributed by atoms with Crippen LogP contribution in [-0.2, 0) is 0 Å². The normalized spacial score (nSPS) is 24.9. The van der Waals surface area contributed by atoms with E-state index in [0.717, 1.165) is 19.6 Å². The molecule has 1 N–H and O–H groups in total. The molecule has 0 bridgehead atoms. The highest BCUT2D eigenvalue weighted by Gasteiger charge is 2.21. The van der Waals surface area contributed by atoms with Gasteiger partial charge in [-0.3, -0.25) is 4.90 Å². The minimum absolute atomic E-state index is 0.0678. The summed E-state index contributed by atoms with van der Waals surface area (Å²) in [5.41, 5.74) is 0. The lowest BCUT2D eigenvalue weighted by atomic mass is 10.2. The zero-order valence-corrected chi connectivity index (χ0v) is 4.30. The first-order valence-electron chi connectivity index (χ1n) is 2.52. The van der Waals surface area contributed by atoms with Gasteiger partial charge in [0, 0.05) is 13.1 Å². The van der Waals surface area contributed by atoms with Crippen LogP contribution in [-0.4, -0.2) is 35.7 Å². The van der Waals surface area contributed by atoms with E-state index in [-0.39, 0.29) is 6.10 Å². The lowest BCUT2D eigenvalue weighted by Gasteiger charge is -2.34. The molecule has 0 aliphatic carbocycles. The predicted octanol–water partition coefficient (Wildman–Crippen LogP) is -0.503. The van der Waals surface area contributed by atoms with Crippen LogP contribution < -0.4 is 0 Å². The SMILES string of the molecule is [CH2]CN1CC(O)C1. The molecular formula is C5H10NO. The monoisotopic (exact) mass is 100 g/mol. The van der Waals surface area contributed by atoms with Gasteiger partial charge in [-0.25, -0.2) is 0 Å². The largest absolute Gasteiger partial charge is 0.390 e. The molecule has 1 aliphatic heterocycles. The molecule has 0 amide bonds. The highest BCUT2D eigenvalue weighted by atomic mass is 16.3. The van der Waals surface area contributed by atoms with Gasteiger partial charge in [-0.15, -0.1) is 0 Å². The molecule has 1 fully saturated rings. The standard InChI is InChI=1S/C5H10NO/c1-2-6-3-5(7)4-6/h5,7H,1-4H2. The van der Waals surface area contributed by atoms with Gasteiger partial charge in [-0.1, -0.05) is 0 Å². The predicted molar refractivity (Wildman–Crippen MR) is 27.8 cm³/mol. The first-order chi connectivity index (χ1) is 3.33. The Kier molecular flexibility index (Phi) is 1.30. The first kappa shape index (κ1) is 5.06. The van der Waals surface area contributed by atoms with Crippen molar-refractivity contribution in [2.75, 3.05) is 19.6 Å². The molecule has 0 aromatic heterocycles. The molecule has 0 aromatic carbocycles. The molecule has 1 heterocycles. The second-order valence-corrected chi connectivity index (χ2v) is 1.91. The summed E-state index contributed by atoms with van der Waals surface area (Å²) in [4.78, 5) is 2.09. The molecule has 1 aliphatic rings. The van der Waals surface area contributed by atoms with Crippen molar-refractivity contribution >= 4 is 0 Å². The van der Waals surface area contributed by atoms with Crippen LogP contribution in [0.1, 0.15) is 0 Å². The number of rotatable bonds is 1. The first-order valence-corrected chi connectivity index (χ1v) is 2.52. The van der Waals surface area contributed by atoms with Crippen LogP contribution in [0.15, 0.2) is 0 Å². The summed E-state index contributed by atoms with van der Waals surface area (Å²) in [5, 5.41) is 8.68. The van der Waals surface area contributed by atoms with E-state index in [9.17, 15) is 0 Å². The lowest BCUT2D eigenvalue weighted by molar-refractivity contribution is 0.00941. The average molecular weight is 100 g/mol. The molecule has 0 unspecified atom stereocenters. The molecular weight excluding hydrogens is 90.1 g/mol. The maximum Gasteiger partial charge on any atom is 0.0793 e. The van der Waals surface area contributed by atoms with Crippen LogP contribution in [0.25, 0.3) is 0 Å². The minimum Gasteiger partial charge on any atom is -0.390 e. The van der Waals surface area contributed by atoms with Crippen LogP contribution in [0.5, 0.6) is 0 Å². The molecule has 0 saturated carbocycles.